The summed E-state index contributed by atoms with van der Waals surface area (Å²) in [4.78, 5) is 3.45. The molecule has 0 bridgehead atoms. The lowest BCUT2D eigenvalue weighted by Gasteiger charge is -2.12. The summed E-state index contributed by atoms with van der Waals surface area (Å²) < 4.78 is 39.6. The van der Waals surface area contributed by atoms with Crippen LogP contribution in [-0.2, 0) is 6.54 Å². The van der Waals surface area contributed by atoms with Crippen LogP contribution < -0.4 is 10.5 Å². The second-order valence-electron chi connectivity index (χ2n) is 2.51. The van der Waals surface area contributed by atoms with Crippen molar-refractivity contribution >= 4 is 0 Å². The van der Waals surface area contributed by atoms with Gasteiger partial charge in [-0.05, 0) is 6.07 Å². The van der Waals surface area contributed by atoms with Gasteiger partial charge in [-0.25, -0.2) is 4.98 Å². The lowest BCUT2D eigenvalue weighted by Crippen LogP contribution is -2.20. The van der Waals surface area contributed by atoms with Gasteiger partial charge in [0.15, 0.2) is 11.4 Å². The number of aromatic nitrogens is 1. The highest BCUT2D eigenvalue weighted by atomic mass is 19.4. The van der Waals surface area contributed by atoms with Crippen LogP contribution in [-0.4, -0.2) is 11.3 Å². The highest BCUT2D eigenvalue weighted by Crippen LogP contribution is 2.28. The highest BCUT2D eigenvalue weighted by Gasteiger charge is 2.33. The molecule has 0 atom stereocenters. The van der Waals surface area contributed by atoms with E-state index in [1.165, 1.54) is 18.3 Å². The lowest BCUT2D eigenvalue weighted by atomic mass is 10.2. The summed E-state index contributed by atoms with van der Waals surface area (Å²) in [5.74, 6) is -0.630. The van der Waals surface area contributed by atoms with E-state index in [-0.39, 0.29) is 12.1 Å². The molecular weight excluding hydrogens is 211 g/mol. The van der Waals surface area contributed by atoms with E-state index >= 15 is 0 Å². The van der Waals surface area contributed by atoms with Crippen molar-refractivity contribution < 1.29 is 17.9 Å². The zero-order valence-corrected chi connectivity index (χ0v) is 7.38. The van der Waals surface area contributed by atoms with Gasteiger partial charge >= 0.3 is 6.36 Å². The number of nitrogens with two attached hydrogens (primary N) is 1. The molecule has 0 radical (unpaired) electrons. The second kappa shape index (κ2) is 4.14. The number of nitriles is 1. The van der Waals surface area contributed by atoms with Crippen LogP contribution in [0.3, 0.4) is 0 Å². The Morgan fingerprint density at radius 3 is 2.67 bits per heavy atom. The molecule has 1 aromatic rings. The van der Waals surface area contributed by atoms with Crippen LogP contribution in [0, 0.1) is 11.3 Å². The van der Waals surface area contributed by atoms with Crippen LogP contribution in [0.2, 0.25) is 0 Å². The van der Waals surface area contributed by atoms with E-state index in [0.717, 1.165) is 0 Å². The number of alkyl halides is 3. The summed E-state index contributed by atoms with van der Waals surface area (Å²) in [5.41, 5.74) is 4.86. The van der Waals surface area contributed by atoms with Crippen LogP contribution in [0.5, 0.6) is 5.75 Å². The number of nitrogens with zero attached hydrogens (tertiary/aromatic N) is 2. The van der Waals surface area contributed by atoms with Crippen molar-refractivity contribution in [3.63, 3.8) is 0 Å². The molecule has 7 heteroatoms. The number of hydrogen-bond acceptors (Lipinski definition) is 4. The fourth-order valence-electron chi connectivity index (χ4n) is 0.958. The predicted octanol–water partition coefficient (Wildman–Crippen LogP) is 1.31. The van der Waals surface area contributed by atoms with Crippen LogP contribution in [0.15, 0.2) is 12.3 Å². The van der Waals surface area contributed by atoms with Crippen molar-refractivity contribution in [1.29, 1.82) is 5.26 Å². The van der Waals surface area contributed by atoms with Gasteiger partial charge in [0.05, 0.1) is 0 Å². The average molecular weight is 217 g/mol. The van der Waals surface area contributed by atoms with Crippen molar-refractivity contribution in [2.45, 2.75) is 12.9 Å². The molecule has 80 valence electrons. The van der Waals surface area contributed by atoms with Crippen molar-refractivity contribution in [2.24, 2.45) is 5.73 Å². The SMILES string of the molecule is N#Cc1nccc(CN)c1OC(F)(F)F. The minimum Gasteiger partial charge on any atom is -0.402 e. The van der Waals surface area contributed by atoms with Crippen LogP contribution in [0.25, 0.3) is 0 Å². The van der Waals surface area contributed by atoms with Gasteiger partial charge in [-0.3, -0.25) is 0 Å². The fourth-order valence-corrected chi connectivity index (χ4v) is 0.958. The standard InChI is InChI=1S/C8H6F3N3O/c9-8(10,11)15-7-5(3-12)1-2-14-6(7)4-13/h1-2H,3,12H2. The molecule has 1 heterocycles. The monoisotopic (exact) mass is 217 g/mol. The quantitative estimate of drug-likeness (QED) is 0.810. The molecule has 0 saturated carbocycles. The molecule has 0 aliphatic heterocycles. The molecule has 0 spiro atoms. The maximum Gasteiger partial charge on any atom is 0.573 e. The first kappa shape index (κ1) is 11.3. The molecule has 0 aliphatic carbocycles. The minimum absolute atomic E-state index is 0.0823. The third kappa shape index (κ3) is 2.82. The summed E-state index contributed by atoms with van der Waals surface area (Å²) in [6.45, 7) is -0.164. The van der Waals surface area contributed by atoms with Gasteiger partial charge in [0.1, 0.15) is 6.07 Å². The van der Waals surface area contributed by atoms with E-state index in [9.17, 15) is 13.2 Å². The molecule has 0 amide bonds. The van der Waals surface area contributed by atoms with E-state index in [1.54, 1.807) is 0 Å². The zero-order chi connectivity index (χ0) is 11.5. The normalized spacial score (nSPS) is 10.9. The van der Waals surface area contributed by atoms with Gasteiger partial charge < -0.3 is 10.5 Å². The maximum absolute atomic E-state index is 12.0. The minimum atomic E-state index is -4.86. The van der Waals surface area contributed by atoms with Crippen molar-refractivity contribution in [3.05, 3.63) is 23.5 Å². The summed E-state index contributed by atoms with van der Waals surface area (Å²) in [6.07, 6.45) is -3.66. The lowest BCUT2D eigenvalue weighted by molar-refractivity contribution is -0.275. The summed E-state index contributed by atoms with van der Waals surface area (Å²) in [5, 5.41) is 8.53. The highest BCUT2D eigenvalue weighted by molar-refractivity contribution is 5.43. The Morgan fingerprint density at radius 1 is 1.53 bits per heavy atom. The Balaban J connectivity index is 3.18. The molecule has 1 aromatic heterocycles. The van der Waals surface area contributed by atoms with Gasteiger partial charge in [-0.15, -0.1) is 13.2 Å². The average Bonchev–Trinajstić information content (AvgIpc) is 2.16. The van der Waals surface area contributed by atoms with E-state index in [2.05, 4.69) is 9.72 Å². The maximum atomic E-state index is 12.0. The first-order valence-corrected chi connectivity index (χ1v) is 3.81. The van der Waals surface area contributed by atoms with Crippen molar-refractivity contribution in [3.8, 4) is 11.8 Å². The summed E-state index contributed by atoms with van der Waals surface area (Å²) >= 11 is 0. The number of halogens is 3. The Hall–Kier alpha value is -1.81. The largest absolute Gasteiger partial charge is 0.573 e. The van der Waals surface area contributed by atoms with Crippen LogP contribution >= 0.6 is 0 Å². The van der Waals surface area contributed by atoms with Crippen molar-refractivity contribution in [2.75, 3.05) is 0 Å². The molecular formula is C8H6F3N3O. The van der Waals surface area contributed by atoms with E-state index in [0.29, 0.717) is 0 Å². The van der Waals surface area contributed by atoms with Crippen molar-refractivity contribution in [1.82, 2.24) is 4.98 Å². The van der Waals surface area contributed by atoms with Gasteiger partial charge in [0, 0.05) is 18.3 Å². The molecule has 2 N–H and O–H groups in total. The molecule has 0 unspecified atom stereocenters. The van der Waals surface area contributed by atoms with E-state index < -0.39 is 17.8 Å². The van der Waals surface area contributed by atoms with Gasteiger partial charge in [-0.2, -0.15) is 5.26 Å². The molecule has 15 heavy (non-hydrogen) atoms. The number of ether oxygens (including phenoxy) is 1. The number of hydrogen-bond donors (Lipinski definition) is 1. The zero-order valence-electron chi connectivity index (χ0n) is 7.38. The smallest absolute Gasteiger partial charge is 0.402 e. The predicted molar refractivity (Wildman–Crippen MR) is 43.5 cm³/mol. The molecule has 0 fully saturated rings. The third-order valence-corrected chi connectivity index (χ3v) is 1.53. The first-order valence-electron chi connectivity index (χ1n) is 3.81. The van der Waals surface area contributed by atoms with Crippen LogP contribution in [0.1, 0.15) is 11.3 Å². The summed E-state index contributed by atoms with van der Waals surface area (Å²) in [7, 11) is 0. The van der Waals surface area contributed by atoms with Gasteiger partial charge in [-0.1, -0.05) is 0 Å². The molecule has 0 aliphatic rings. The topological polar surface area (TPSA) is 71.9 Å². The Kier molecular flexibility index (Phi) is 3.11. The molecule has 0 aromatic carbocycles. The van der Waals surface area contributed by atoms with Gasteiger partial charge in [0.2, 0.25) is 0 Å². The Bertz CT molecular complexity index is 397. The Labute approximate surface area is 83.1 Å². The second-order valence-corrected chi connectivity index (χ2v) is 2.51. The number of rotatable bonds is 2. The molecule has 0 saturated heterocycles. The fraction of sp³-hybridized carbons (Fsp3) is 0.250. The Morgan fingerprint density at radius 2 is 2.20 bits per heavy atom. The molecule has 1 rings (SSSR count). The van der Waals surface area contributed by atoms with E-state index in [1.807, 2.05) is 0 Å². The number of pyridine rings is 1. The molecule has 4 nitrogen and oxygen atoms in total. The van der Waals surface area contributed by atoms with Gasteiger partial charge in [0.25, 0.3) is 0 Å². The first-order chi connectivity index (χ1) is 6.98. The van der Waals surface area contributed by atoms with Crippen LogP contribution in [0.4, 0.5) is 13.2 Å². The van der Waals surface area contributed by atoms with E-state index in [4.69, 9.17) is 11.0 Å². The third-order valence-electron chi connectivity index (χ3n) is 1.53. The summed E-state index contributed by atoms with van der Waals surface area (Å²) in [6, 6.07) is 2.77.